The van der Waals surface area contributed by atoms with Gasteiger partial charge in [-0.2, -0.15) is 0 Å². The lowest BCUT2D eigenvalue weighted by Crippen LogP contribution is -2.51. The molecule has 2 unspecified atom stereocenters. The van der Waals surface area contributed by atoms with E-state index < -0.39 is 0 Å². The Morgan fingerprint density at radius 3 is 1.54 bits per heavy atom. The summed E-state index contributed by atoms with van der Waals surface area (Å²) in [5.41, 5.74) is 9.79. The second-order valence-corrected chi connectivity index (χ2v) is 14.0. The van der Waals surface area contributed by atoms with Crippen molar-refractivity contribution in [2.75, 3.05) is 40.4 Å². The molecule has 0 saturated carbocycles. The lowest BCUT2D eigenvalue weighted by molar-refractivity contribution is -0.0256. The number of aromatic nitrogens is 2. The Hall–Kier alpha value is -3.20. The third-order valence-electron chi connectivity index (χ3n) is 10.3. The average molecular weight is 658 g/mol. The van der Waals surface area contributed by atoms with Gasteiger partial charge < -0.3 is 14.6 Å². The van der Waals surface area contributed by atoms with Crippen molar-refractivity contribution in [3.8, 4) is 45.4 Å². The number of β-amino-alcohol motifs (C(OH)–C–C–N with tert-alkyl or cyclic N) is 1. The van der Waals surface area contributed by atoms with Gasteiger partial charge in [-0.05, 0) is 54.9 Å². The summed E-state index contributed by atoms with van der Waals surface area (Å²) in [6.45, 7) is 5.93. The molecule has 2 fully saturated rings. The van der Waals surface area contributed by atoms with E-state index in [0.29, 0.717) is 40.9 Å². The normalized spacial score (nSPS) is 21.5. The van der Waals surface area contributed by atoms with E-state index >= 15 is 0 Å². The number of hydrogen-bond donors (Lipinski definition) is 1. The van der Waals surface area contributed by atoms with E-state index in [-0.39, 0.29) is 12.1 Å². The van der Waals surface area contributed by atoms with Crippen LogP contribution in [0.15, 0.2) is 48.5 Å². The molecule has 0 spiro atoms. The summed E-state index contributed by atoms with van der Waals surface area (Å²) >= 11 is 14.4. The molecule has 238 valence electrons. The van der Waals surface area contributed by atoms with Gasteiger partial charge in [0, 0.05) is 71.6 Å². The van der Waals surface area contributed by atoms with Gasteiger partial charge in [-0.3, -0.25) is 9.80 Å². The third-order valence-corrected chi connectivity index (χ3v) is 11.2. The van der Waals surface area contributed by atoms with Crippen LogP contribution in [0.2, 0.25) is 10.0 Å². The van der Waals surface area contributed by atoms with Crippen LogP contribution >= 0.6 is 23.2 Å². The van der Waals surface area contributed by atoms with E-state index in [9.17, 15) is 5.11 Å². The van der Waals surface area contributed by atoms with Gasteiger partial charge in [-0.15, -0.1) is 0 Å². The number of aliphatic hydroxyl groups is 1. The predicted octanol–water partition coefficient (Wildman–Crippen LogP) is 7.40. The van der Waals surface area contributed by atoms with E-state index in [4.69, 9.17) is 42.6 Å². The minimum absolute atomic E-state index is 0.218. The van der Waals surface area contributed by atoms with Crippen LogP contribution in [-0.4, -0.2) is 71.4 Å². The van der Waals surface area contributed by atoms with Gasteiger partial charge in [0.2, 0.25) is 11.8 Å². The molecule has 1 N–H and O–H groups in total. The number of likely N-dealkylation sites (tertiary alicyclic amines) is 2. The maximum atomic E-state index is 9.88. The third kappa shape index (κ3) is 4.90. The second-order valence-electron chi connectivity index (χ2n) is 13.3. The fraction of sp³-hybridized carbons (Fsp3) is 0.405. The van der Waals surface area contributed by atoms with Gasteiger partial charge in [-0.1, -0.05) is 66.5 Å². The van der Waals surface area contributed by atoms with Crippen LogP contribution in [0.4, 0.5) is 0 Å². The monoisotopic (exact) mass is 656 g/mol. The number of benzene rings is 2. The zero-order valence-corrected chi connectivity index (χ0v) is 27.9. The van der Waals surface area contributed by atoms with Crippen LogP contribution in [0, 0.1) is 5.92 Å². The molecule has 4 heterocycles. The van der Waals surface area contributed by atoms with Crippen LogP contribution in [0.1, 0.15) is 54.1 Å². The van der Waals surface area contributed by atoms with Gasteiger partial charge in [-0.25, -0.2) is 9.97 Å². The number of nitrogens with zero attached hydrogens (tertiary/aromatic N) is 4. The van der Waals surface area contributed by atoms with Crippen molar-refractivity contribution in [3.05, 3.63) is 80.8 Å². The number of rotatable bonds is 7. The van der Waals surface area contributed by atoms with E-state index in [1.807, 2.05) is 36.4 Å². The molecule has 0 amide bonds. The maximum Gasteiger partial charge on any atom is 0.218 e. The smallest absolute Gasteiger partial charge is 0.218 e. The summed E-state index contributed by atoms with van der Waals surface area (Å²) in [4.78, 5) is 14.8. The number of hydrogen-bond acceptors (Lipinski definition) is 7. The molecular formula is C37H38Cl2N4O3. The molecule has 46 heavy (non-hydrogen) atoms. The number of aliphatic hydroxyl groups excluding tert-OH is 1. The van der Waals surface area contributed by atoms with Crippen molar-refractivity contribution < 1.29 is 14.6 Å². The van der Waals surface area contributed by atoms with Gasteiger partial charge in [0.1, 0.15) is 0 Å². The molecule has 2 saturated heterocycles. The fourth-order valence-electron chi connectivity index (χ4n) is 8.10. The minimum atomic E-state index is -0.249. The largest absolute Gasteiger partial charge is 0.481 e. The van der Waals surface area contributed by atoms with Gasteiger partial charge >= 0.3 is 0 Å². The number of fused-ring (bicyclic) bond motifs is 2. The Labute approximate surface area is 280 Å². The van der Waals surface area contributed by atoms with Crippen molar-refractivity contribution in [1.29, 1.82) is 0 Å². The number of ether oxygens (including phenoxy) is 2. The van der Waals surface area contributed by atoms with Gasteiger partial charge in [0.25, 0.3) is 0 Å². The van der Waals surface area contributed by atoms with Crippen LogP contribution < -0.4 is 9.47 Å². The van der Waals surface area contributed by atoms with E-state index in [0.717, 1.165) is 83.9 Å². The summed E-state index contributed by atoms with van der Waals surface area (Å²) in [5, 5.41) is 11.1. The summed E-state index contributed by atoms with van der Waals surface area (Å²) in [5.74, 6) is 2.06. The maximum absolute atomic E-state index is 9.88. The van der Waals surface area contributed by atoms with Gasteiger partial charge in [0.15, 0.2) is 0 Å². The molecule has 9 heteroatoms. The highest BCUT2D eigenvalue weighted by Crippen LogP contribution is 2.48. The highest BCUT2D eigenvalue weighted by atomic mass is 35.5. The number of pyridine rings is 2. The first-order chi connectivity index (χ1) is 22.3. The number of aryl methyl sites for hydroxylation is 2. The van der Waals surface area contributed by atoms with Crippen molar-refractivity contribution >= 4 is 23.2 Å². The fourth-order valence-corrected chi connectivity index (χ4v) is 8.75. The first-order valence-corrected chi connectivity index (χ1v) is 17.0. The molecule has 0 radical (unpaired) electrons. The topological polar surface area (TPSA) is 71.0 Å². The van der Waals surface area contributed by atoms with Crippen LogP contribution in [0.5, 0.6) is 11.8 Å². The Bertz CT molecular complexity index is 1700. The van der Waals surface area contributed by atoms with Crippen molar-refractivity contribution in [3.63, 3.8) is 0 Å². The standard InChI is InChI=1S/C37H38Cl2N4O3/c1-20-16-42(17-20)30-12-10-21-14-28(40-36(45-2)32(21)30)26-8-4-6-24(34(26)38)25-7-5-9-27(35(25)39)29-15-22-11-13-31(43-18-23(44)19-43)33(22)37(41-29)46-3/h4-9,14-15,20,23,30-31,44H,10-13,16-19H2,1-3H3. The Kier molecular flexibility index (Phi) is 7.73. The van der Waals surface area contributed by atoms with Crippen LogP contribution in [0.25, 0.3) is 33.6 Å². The molecule has 4 aromatic rings. The molecule has 8 rings (SSSR count). The van der Waals surface area contributed by atoms with E-state index in [1.54, 1.807) is 14.2 Å². The Balaban J connectivity index is 1.15. The Morgan fingerprint density at radius 1 is 0.696 bits per heavy atom. The molecule has 2 aliphatic carbocycles. The van der Waals surface area contributed by atoms with Crippen molar-refractivity contribution in [2.45, 2.75) is 50.8 Å². The summed E-state index contributed by atoms with van der Waals surface area (Å²) in [6, 6.07) is 17.0. The highest BCUT2D eigenvalue weighted by Gasteiger charge is 2.39. The first-order valence-electron chi connectivity index (χ1n) is 16.2. The van der Waals surface area contributed by atoms with Crippen molar-refractivity contribution in [1.82, 2.24) is 19.8 Å². The quantitative estimate of drug-likeness (QED) is 0.222. The van der Waals surface area contributed by atoms with Gasteiger partial charge in [0.05, 0.1) is 41.8 Å². The predicted molar refractivity (Wildman–Crippen MR) is 182 cm³/mol. The summed E-state index contributed by atoms with van der Waals surface area (Å²) in [6.07, 6.45) is 3.75. The minimum Gasteiger partial charge on any atom is -0.481 e. The summed E-state index contributed by atoms with van der Waals surface area (Å²) < 4.78 is 11.7. The SMILES string of the molecule is COc1nc(-c2cccc(-c3cccc(-c4cc5c(c(OC)n4)C(N4CC(O)C4)CC5)c3Cl)c2Cl)cc2c1C(N1CC(C)C1)CC2. The molecule has 2 aromatic carbocycles. The molecule has 0 bridgehead atoms. The zero-order valence-electron chi connectivity index (χ0n) is 26.4. The lowest BCUT2D eigenvalue weighted by Gasteiger charge is -2.42. The molecular weight excluding hydrogens is 619 g/mol. The molecule has 2 aliphatic heterocycles. The molecule has 4 aliphatic rings. The van der Waals surface area contributed by atoms with Crippen molar-refractivity contribution in [2.24, 2.45) is 5.92 Å². The summed E-state index contributed by atoms with van der Waals surface area (Å²) in [7, 11) is 3.38. The lowest BCUT2D eigenvalue weighted by atomic mass is 9.96. The van der Waals surface area contributed by atoms with Crippen LogP contribution in [-0.2, 0) is 12.8 Å². The number of methoxy groups -OCH3 is 2. The molecule has 2 aromatic heterocycles. The molecule has 2 atom stereocenters. The first kappa shape index (κ1) is 30.2. The van der Waals surface area contributed by atoms with E-state index in [2.05, 4.69) is 28.9 Å². The van der Waals surface area contributed by atoms with E-state index in [1.165, 1.54) is 16.7 Å². The highest BCUT2D eigenvalue weighted by molar-refractivity contribution is 6.39. The van der Waals surface area contributed by atoms with Crippen LogP contribution in [0.3, 0.4) is 0 Å². The zero-order chi connectivity index (χ0) is 31.7. The average Bonchev–Trinajstić information content (AvgIpc) is 3.65. The Morgan fingerprint density at radius 2 is 1.13 bits per heavy atom. The second kappa shape index (κ2) is 11.8. The number of halogens is 2. The molecule has 7 nitrogen and oxygen atoms in total.